The lowest BCUT2D eigenvalue weighted by molar-refractivity contribution is 0.477. The summed E-state index contributed by atoms with van der Waals surface area (Å²) in [6, 6.07) is 3.66. The minimum absolute atomic E-state index is 0.193. The Morgan fingerprint density at radius 1 is 1.40 bits per heavy atom. The lowest BCUT2D eigenvalue weighted by Gasteiger charge is -2.17. The molecular weight excluding hydrogens is 390 g/mol. The average molecular weight is 409 g/mol. The number of rotatable bonds is 6. The molecule has 0 saturated carbocycles. The van der Waals surface area contributed by atoms with E-state index in [1.807, 2.05) is 22.6 Å². The number of fused-ring (bicyclic) bond motifs is 1. The summed E-state index contributed by atoms with van der Waals surface area (Å²) in [5, 5.41) is 0. The number of halogens is 3. The number of unbranched alkanes of at least 4 members (excludes halogenated alkanes) is 2. The molecule has 0 saturated heterocycles. The quantitative estimate of drug-likeness (QED) is 0.342. The topological polar surface area (TPSA) is 17.8 Å². The maximum atomic E-state index is 13.8. The molecule has 1 atom stereocenters. The Bertz CT molecular complexity index is 597. The van der Waals surface area contributed by atoms with E-state index in [-0.39, 0.29) is 5.82 Å². The van der Waals surface area contributed by atoms with E-state index in [0.717, 1.165) is 23.3 Å². The molecule has 2 rings (SSSR count). The second-order valence-electron chi connectivity index (χ2n) is 5.13. The maximum absolute atomic E-state index is 13.8. The van der Waals surface area contributed by atoms with Gasteiger partial charge in [0.2, 0.25) is 0 Å². The summed E-state index contributed by atoms with van der Waals surface area (Å²) in [6.45, 7) is 4.35. The predicted octanol–water partition coefficient (Wildman–Crippen LogP) is 5.66. The third kappa shape index (κ3) is 3.27. The third-order valence-corrected chi connectivity index (χ3v) is 4.66. The lowest BCUT2D eigenvalue weighted by atomic mass is 10.1. The monoisotopic (exact) mass is 408 g/mol. The van der Waals surface area contributed by atoms with E-state index < -0.39 is 0 Å². The maximum Gasteiger partial charge on any atom is 0.138 e. The van der Waals surface area contributed by atoms with E-state index in [9.17, 15) is 4.39 Å². The molecule has 5 heteroatoms. The molecule has 110 valence electrons. The number of imidazole rings is 1. The first-order chi connectivity index (χ1) is 9.58. The van der Waals surface area contributed by atoms with E-state index in [0.29, 0.717) is 15.5 Å². The smallest absolute Gasteiger partial charge is 0.138 e. The largest absolute Gasteiger partial charge is 0.324 e. The highest BCUT2D eigenvalue weighted by molar-refractivity contribution is 14.1. The minimum Gasteiger partial charge on any atom is -0.324 e. The zero-order valence-electron chi connectivity index (χ0n) is 11.8. The zero-order chi connectivity index (χ0) is 14.7. The Hall–Kier alpha value is -0.360. The number of hydrogen-bond acceptors (Lipinski definition) is 1. The normalized spacial score (nSPS) is 13.1. The fourth-order valence-electron chi connectivity index (χ4n) is 2.55. The van der Waals surface area contributed by atoms with Crippen molar-refractivity contribution in [3.8, 4) is 0 Å². The summed E-state index contributed by atoms with van der Waals surface area (Å²) >= 11 is 8.00. The SMILES string of the molecule is CCCCCC(C)n1c(CCl)nc2cc(I)c(F)cc21. The van der Waals surface area contributed by atoms with Crippen LogP contribution in [-0.2, 0) is 5.88 Å². The van der Waals surface area contributed by atoms with E-state index in [2.05, 4.69) is 23.4 Å². The van der Waals surface area contributed by atoms with Crippen molar-refractivity contribution >= 4 is 45.2 Å². The van der Waals surface area contributed by atoms with Crippen LogP contribution in [0, 0.1) is 9.39 Å². The van der Waals surface area contributed by atoms with Gasteiger partial charge < -0.3 is 4.57 Å². The summed E-state index contributed by atoms with van der Waals surface area (Å²) in [4.78, 5) is 4.54. The fraction of sp³-hybridized carbons (Fsp3) is 0.533. The zero-order valence-corrected chi connectivity index (χ0v) is 14.7. The van der Waals surface area contributed by atoms with Gasteiger partial charge in [0.15, 0.2) is 0 Å². The van der Waals surface area contributed by atoms with Crippen LogP contribution in [0.3, 0.4) is 0 Å². The Kier molecular flexibility index (Phi) is 5.66. The van der Waals surface area contributed by atoms with Crippen molar-refractivity contribution in [2.75, 3.05) is 0 Å². The molecule has 0 radical (unpaired) electrons. The van der Waals surface area contributed by atoms with Crippen LogP contribution < -0.4 is 0 Å². The van der Waals surface area contributed by atoms with Crippen molar-refractivity contribution in [2.45, 2.75) is 51.5 Å². The van der Waals surface area contributed by atoms with Gasteiger partial charge in [-0.25, -0.2) is 9.37 Å². The molecule has 1 aromatic heterocycles. The molecule has 2 aromatic rings. The first kappa shape index (κ1) is 16.0. The van der Waals surface area contributed by atoms with Crippen LogP contribution >= 0.6 is 34.2 Å². The van der Waals surface area contributed by atoms with Gasteiger partial charge in [-0.2, -0.15) is 0 Å². The van der Waals surface area contributed by atoms with Crippen molar-refractivity contribution in [1.29, 1.82) is 0 Å². The first-order valence-electron chi connectivity index (χ1n) is 7.00. The minimum atomic E-state index is -0.193. The van der Waals surface area contributed by atoms with Gasteiger partial charge in [-0.05, 0) is 42.0 Å². The van der Waals surface area contributed by atoms with E-state index in [4.69, 9.17) is 11.6 Å². The van der Waals surface area contributed by atoms with Crippen molar-refractivity contribution in [1.82, 2.24) is 9.55 Å². The molecular formula is C15H19ClFIN2. The number of alkyl halides is 1. The summed E-state index contributed by atoms with van der Waals surface area (Å²) in [6.07, 6.45) is 4.66. The molecule has 0 fully saturated rings. The van der Waals surface area contributed by atoms with Crippen molar-refractivity contribution in [3.05, 3.63) is 27.3 Å². The molecule has 1 aromatic carbocycles. The van der Waals surface area contributed by atoms with Crippen LogP contribution in [-0.4, -0.2) is 9.55 Å². The Labute approximate surface area is 137 Å². The molecule has 0 N–H and O–H groups in total. The molecule has 2 nitrogen and oxygen atoms in total. The lowest BCUT2D eigenvalue weighted by Crippen LogP contribution is -2.08. The van der Waals surface area contributed by atoms with Gasteiger partial charge >= 0.3 is 0 Å². The molecule has 0 amide bonds. The first-order valence-corrected chi connectivity index (χ1v) is 8.61. The van der Waals surface area contributed by atoms with Crippen LogP contribution in [0.25, 0.3) is 11.0 Å². The Balaban J connectivity index is 2.41. The van der Waals surface area contributed by atoms with Crippen molar-refractivity contribution in [3.63, 3.8) is 0 Å². The standard InChI is InChI=1S/C15H19ClFIN2/c1-3-4-5-6-10(2)20-14-7-11(17)12(18)8-13(14)19-15(20)9-16/h7-8,10H,3-6,9H2,1-2H3. The van der Waals surface area contributed by atoms with Crippen molar-refractivity contribution in [2.24, 2.45) is 0 Å². The molecule has 1 unspecified atom stereocenters. The molecule has 0 aliphatic carbocycles. The fourth-order valence-corrected chi connectivity index (χ4v) is 3.18. The van der Waals surface area contributed by atoms with Gasteiger partial charge in [-0.3, -0.25) is 0 Å². The highest BCUT2D eigenvalue weighted by atomic mass is 127. The van der Waals surface area contributed by atoms with Crippen LogP contribution in [0.1, 0.15) is 51.4 Å². The summed E-state index contributed by atoms with van der Waals surface area (Å²) in [7, 11) is 0. The highest BCUT2D eigenvalue weighted by Gasteiger charge is 2.17. The van der Waals surface area contributed by atoms with E-state index in [1.165, 1.54) is 19.3 Å². The van der Waals surface area contributed by atoms with Gasteiger partial charge in [0.05, 0.1) is 20.5 Å². The highest BCUT2D eigenvalue weighted by Crippen LogP contribution is 2.28. The van der Waals surface area contributed by atoms with Crippen LogP contribution in [0.4, 0.5) is 4.39 Å². The third-order valence-electron chi connectivity index (χ3n) is 3.59. The van der Waals surface area contributed by atoms with Crippen LogP contribution in [0.15, 0.2) is 12.1 Å². The van der Waals surface area contributed by atoms with Crippen LogP contribution in [0.5, 0.6) is 0 Å². The molecule has 0 spiro atoms. The van der Waals surface area contributed by atoms with Gasteiger partial charge in [0.25, 0.3) is 0 Å². The van der Waals surface area contributed by atoms with Gasteiger partial charge in [-0.1, -0.05) is 26.2 Å². The molecule has 0 bridgehead atoms. The molecule has 0 aliphatic heterocycles. The Morgan fingerprint density at radius 3 is 2.80 bits per heavy atom. The summed E-state index contributed by atoms with van der Waals surface area (Å²) in [5.41, 5.74) is 1.68. The van der Waals surface area contributed by atoms with Gasteiger partial charge in [-0.15, -0.1) is 11.6 Å². The predicted molar refractivity (Wildman–Crippen MR) is 90.8 cm³/mol. The molecule has 1 heterocycles. The average Bonchev–Trinajstić information content (AvgIpc) is 2.77. The van der Waals surface area contributed by atoms with Crippen LogP contribution in [0.2, 0.25) is 0 Å². The van der Waals surface area contributed by atoms with E-state index >= 15 is 0 Å². The number of nitrogens with zero attached hydrogens (tertiary/aromatic N) is 2. The van der Waals surface area contributed by atoms with E-state index in [1.54, 1.807) is 12.1 Å². The second kappa shape index (κ2) is 7.07. The van der Waals surface area contributed by atoms with Gasteiger partial charge in [0.1, 0.15) is 11.6 Å². The summed E-state index contributed by atoms with van der Waals surface area (Å²) < 4.78 is 16.5. The molecule has 20 heavy (non-hydrogen) atoms. The molecule has 0 aliphatic rings. The second-order valence-corrected chi connectivity index (χ2v) is 6.56. The summed E-state index contributed by atoms with van der Waals surface area (Å²) in [5.74, 6) is 0.985. The Morgan fingerprint density at radius 2 is 2.15 bits per heavy atom. The van der Waals surface area contributed by atoms with Crippen molar-refractivity contribution < 1.29 is 4.39 Å². The van der Waals surface area contributed by atoms with Gasteiger partial charge in [0, 0.05) is 12.1 Å². The number of aromatic nitrogens is 2. The number of hydrogen-bond donors (Lipinski definition) is 0. The number of benzene rings is 1.